The number of aliphatic hydroxyl groups excluding tert-OH is 1. The number of hydrogen-bond acceptors (Lipinski definition) is 5. The van der Waals surface area contributed by atoms with Gasteiger partial charge in [0.05, 0.1) is 24.1 Å². The summed E-state index contributed by atoms with van der Waals surface area (Å²) in [6.07, 6.45) is 0.473. The Morgan fingerprint density at radius 1 is 1.44 bits per heavy atom. The Balaban J connectivity index is 2.42. The number of rotatable bonds is 6. The van der Waals surface area contributed by atoms with E-state index >= 15 is 0 Å². The maximum absolute atomic E-state index is 11.4. The van der Waals surface area contributed by atoms with Crippen molar-refractivity contribution in [3.05, 3.63) is 0 Å². The molecule has 6 heteroatoms. The molecule has 1 saturated heterocycles. The molecule has 0 spiro atoms. The average molecular weight is 279 g/mol. The normalized spacial score (nSPS) is 25.2. The van der Waals surface area contributed by atoms with Crippen LogP contribution in [0.25, 0.3) is 0 Å². The molecule has 0 aromatic rings. The smallest absolute Gasteiger partial charge is 0.150 e. The summed E-state index contributed by atoms with van der Waals surface area (Å²) in [5, 5.41) is 9.19. The van der Waals surface area contributed by atoms with Gasteiger partial charge in [-0.05, 0) is 26.8 Å². The largest absolute Gasteiger partial charge is 0.394 e. The highest BCUT2D eigenvalue weighted by Crippen LogP contribution is 2.20. The predicted molar refractivity (Wildman–Crippen MR) is 71.4 cm³/mol. The van der Waals surface area contributed by atoms with Crippen LogP contribution in [0.2, 0.25) is 0 Å². The molecule has 1 aliphatic heterocycles. The van der Waals surface area contributed by atoms with Gasteiger partial charge in [0.1, 0.15) is 9.84 Å². The molecule has 0 aliphatic carbocycles. The van der Waals surface area contributed by atoms with Gasteiger partial charge < -0.3 is 9.84 Å². The highest BCUT2D eigenvalue weighted by molar-refractivity contribution is 7.91. The van der Waals surface area contributed by atoms with Crippen LogP contribution < -0.4 is 0 Å². The molecular formula is C12H25NO4S. The third-order valence-electron chi connectivity index (χ3n) is 3.13. The van der Waals surface area contributed by atoms with Crippen molar-refractivity contribution >= 4 is 9.84 Å². The second kappa shape index (κ2) is 6.32. The summed E-state index contributed by atoms with van der Waals surface area (Å²) in [6, 6.07) is 0. The SMILES string of the molecule is CCS(=O)(=O)CCCN1CC(CO)OC(C)(C)C1. The highest BCUT2D eigenvalue weighted by atomic mass is 32.2. The van der Waals surface area contributed by atoms with Crippen LogP contribution >= 0.6 is 0 Å². The Kier molecular flexibility index (Phi) is 5.58. The monoisotopic (exact) mass is 279 g/mol. The Bertz CT molecular complexity index is 353. The molecule has 18 heavy (non-hydrogen) atoms. The second-order valence-electron chi connectivity index (χ2n) is 5.51. The molecule has 0 saturated carbocycles. The first-order valence-electron chi connectivity index (χ1n) is 6.49. The molecular weight excluding hydrogens is 254 g/mol. The average Bonchev–Trinajstić information content (AvgIpc) is 2.26. The molecule has 0 aromatic carbocycles. The van der Waals surface area contributed by atoms with E-state index in [9.17, 15) is 13.5 Å². The van der Waals surface area contributed by atoms with Gasteiger partial charge >= 0.3 is 0 Å². The van der Waals surface area contributed by atoms with Gasteiger partial charge in [0.2, 0.25) is 0 Å². The lowest BCUT2D eigenvalue weighted by atomic mass is 10.1. The summed E-state index contributed by atoms with van der Waals surface area (Å²) in [5.74, 6) is 0.450. The molecule has 1 fully saturated rings. The van der Waals surface area contributed by atoms with Gasteiger partial charge in [-0.15, -0.1) is 0 Å². The van der Waals surface area contributed by atoms with Gasteiger partial charge in [0.25, 0.3) is 0 Å². The molecule has 0 radical (unpaired) electrons. The van der Waals surface area contributed by atoms with Crippen molar-refractivity contribution in [2.24, 2.45) is 0 Å². The number of sulfone groups is 1. The fraction of sp³-hybridized carbons (Fsp3) is 1.00. The standard InChI is InChI=1S/C12H25NO4S/c1-4-18(15,16)7-5-6-13-8-11(9-14)17-12(2,3)10-13/h11,14H,4-10H2,1-3H3. The first-order chi connectivity index (χ1) is 8.28. The quantitative estimate of drug-likeness (QED) is 0.756. The van der Waals surface area contributed by atoms with E-state index in [4.69, 9.17) is 4.74 Å². The zero-order chi connectivity index (χ0) is 13.8. The number of nitrogens with zero attached hydrogens (tertiary/aromatic N) is 1. The van der Waals surface area contributed by atoms with Gasteiger partial charge in [0, 0.05) is 18.8 Å². The maximum Gasteiger partial charge on any atom is 0.150 e. The van der Waals surface area contributed by atoms with Crippen LogP contribution in [0.3, 0.4) is 0 Å². The van der Waals surface area contributed by atoms with Crippen molar-refractivity contribution < 1.29 is 18.3 Å². The van der Waals surface area contributed by atoms with Gasteiger partial charge in [-0.3, -0.25) is 4.90 Å². The molecule has 1 aliphatic rings. The molecule has 1 atom stereocenters. The third kappa shape index (κ3) is 5.22. The number of hydrogen-bond donors (Lipinski definition) is 1. The van der Waals surface area contributed by atoms with E-state index in [1.807, 2.05) is 13.8 Å². The minimum atomic E-state index is -2.88. The van der Waals surface area contributed by atoms with E-state index in [1.165, 1.54) is 0 Å². The van der Waals surface area contributed by atoms with Crippen LogP contribution in [0, 0.1) is 0 Å². The first-order valence-corrected chi connectivity index (χ1v) is 8.31. The molecule has 0 amide bonds. The van der Waals surface area contributed by atoms with Crippen LogP contribution in [-0.4, -0.2) is 67.9 Å². The molecule has 108 valence electrons. The van der Waals surface area contributed by atoms with Crippen molar-refractivity contribution in [1.29, 1.82) is 0 Å². The summed E-state index contributed by atoms with van der Waals surface area (Å²) in [6.45, 7) is 7.85. The van der Waals surface area contributed by atoms with Gasteiger partial charge in [-0.25, -0.2) is 8.42 Å². The number of aliphatic hydroxyl groups is 1. The van der Waals surface area contributed by atoms with Gasteiger partial charge in [0.15, 0.2) is 0 Å². The van der Waals surface area contributed by atoms with Crippen LogP contribution in [-0.2, 0) is 14.6 Å². The fourth-order valence-electron chi connectivity index (χ4n) is 2.33. The van der Waals surface area contributed by atoms with Crippen molar-refractivity contribution in [2.45, 2.75) is 38.9 Å². The summed E-state index contributed by atoms with van der Waals surface area (Å²) in [5.41, 5.74) is -0.282. The van der Waals surface area contributed by atoms with Crippen LogP contribution in [0.4, 0.5) is 0 Å². The molecule has 1 N–H and O–H groups in total. The summed E-state index contributed by atoms with van der Waals surface area (Å²) in [4.78, 5) is 2.18. The molecule has 1 unspecified atom stereocenters. The minimum absolute atomic E-state index is 0.00713. The third-order valence-corrected chi connectivity index (χ3v) is 4.92. The van der Waals surface area contributed by atoms with Crippen LogP contribution in [0.15, 0.2) is 0 Å². The van der Waals surface area contributed by atoms with E-state index in [0.717, 1.165) is 13.1 Å². The van der Waals surface area contributed by atoms with E-state index in [-0.39, 0.29) is 29.8 Å². The highest BCUT2D eigenvalue weighted by Gasteiger charge is 2.32. The van der Waals surface area contributed by atoms with Gasteiger partial charge in [-0.1, -0.05) is 6.92 Å². The van der Waals surface area contributed by atoms with E-state index in [1.54, 1.807) is 6.92 Å². The van der Waals surface area contributed by atoms with Gasteiger partial charge in [-0.2, -0.15) is 0 Å². The Morgan fingerprint density at radius 2 is 2.11 bits per heavy atom. The van der Waals surface area contributed by atoms with E-state index < -0.39 is 9.84 Å². The molecule has 1 heterocycles. The minimum Gasteiger partial charge on any atom is -0.394 e. The Labute approximate surface area is 110 Å². The van der Waals surface area contributed by atoms with Crippen LogP contribution in [0.5, 0.6) is 0 Å². The van der Waals surface area contributed by atoms with E-state index in [0.29, 0.717) is 13.0 Å². The fourth-order valence-corrected chi connectivity index (χ4v) is 3.19. The Hall–Kier alpha value is -0.170. The van der Waals surface area contributed by atoms with Crippen LogP contribution in [0.1, 0.15) is 27.2 Å². The first kappa shape index (κ1) is 15.9. The van der Waals surface area contributed by atoms with Crippen molar-refractivity contribution in [1.82, 2.24) is 4.90 Å². The molecule has 0 aromatic heterocycles. The Morgan fingerprint density at radius 3 is 2.67 bits per heavy atom. The maximum atomic E-state index is 11.4. The topological polar surface area (TPSA) is 66.8 Å². The molecule has 5 nitrogen and oxygen atoms in total. The van der Waals surface area contributed by atoms with E-state index in [2.05, 4.69) is 4.90 Å². The lowest BCUT2D eigenvalue weighted by Gasteiger charge is -2.42. The number of ether oxygens (including phenoxy) is 1. The molecule has 1 rings (SSSR count). The lowest BCUT2D eigenvalue weighted by molar-refractivity contribution is -0.148. The van der Waals surface area contributed by atoms with Crippen molar-refractivity contribution in [3.63, 3.8) is 0 Å². The summed E-state index contributed by atoms with van der Waals surface area (Å²) >= 11 is 0. The molecule has 0 bridgehead atoms. The lowest BCUT2D eigenvalue weighted by Crippen LogP contribution is -2.54. The zero-order valence-corrected chi connectivity index (χ0v) is 12.4. The van der Waals surface area contributed by atoms with Crippen molar-refractivity contribution in [2.75, 3.05) is 37.7 Å². The summed E-state index contributed by atoms with van der Waals surface area (Å²) < 4.78 is 28.5. The zero-order valence-electron chi connectivity index (χ0n) is 11.6. The number of morpholine rings is 1. The summed E-state index contributed by atoms with van der Waals surface area (Å²) in [7, 11) is -2.88. The predicted octanol–water partition coefficient (Wildman–Crippen LogP) is 0.283. The second-order valence-corrected chi connectivity index (χ2v) is 7.98. The van der Waals surface area contributed by atoms with Crippen molar-refractivity contribution in [3.8, 4) is 0 Å².